The van der Waals surface area contributed by atoms with E-state index in [0.717, 1.165) is 18.8 Å². The molecule has 0 saturated carbocycles. The maximum atomic E-state index is 4.07. The zero-order chi connectivity index (χ0) is 11.8. The van der Waals surface area contributed by atoms with Crippen LogP contribution in [0.1, 0.15) is 34.7 Å². The molecule has 2 aromatic rings. The molecule has 0 radical (unpaired) electrons. The summed E-state index contributed by atoms with van der Waals surface area (Å²) in [6.07, 6.45) is 0. The third-order valence-corrected chi connectivity index (χ3v) is 4.33. The zero-order valence-corrected chi connectivity index (χ0v) is 10.9. The van der Waals surface area contributed by atoms with E-state index in [1.807, 2.05) is 6.92 Å². The number of hydrogen-bond donors (Lipinski definition) is 0. The quantitative estimate of drug-likeness (QED) is 0.814. The normalized spacial score (nSPS) is 19.5. The Morgan fingerprint density at radius 1 is 1.41 bits per heavy atom. The van der Waals surface area contributed by atoms with Gasteiger partial charge >= 0.3 is 0 Å². The molecule has 1 aliphatic rings. The maximum Gasteiger partial charge on any atom is 0.0769 e. The van der Waals surface area contributed by atoms with Gasteiger partial charge in [-0.1, -0.05) is 28.8 Å². The highest BCUT2D eigenvalue weighted by molar-refractivity contribution is 7.05. The molecular weight excluding hydrogens is 230 g/mol. The van der Waals surface area contributed by atoms with Gasteiger partial charge in [-0.15, -0.1) is 5.10 Å². The molecule has 3 rings (SSSR count). The lowest BCUT2D eigenvalue weighted by Gasteiger charge is -2.20. The fourth-order valence-electron chi connectivity index (χ4n) is 2.41. The van der Waals surface area contributed by atoms with Crippen molar-refractivity contribution in [2.45, 2.75) is 33.0 Å². The van der Waals surface area contributed by atoms with Gasteiger partial charge in [0.25, 0.3) is 0 Å². The van der Waals surface area contributed by atoms with E-state index in [4.69, 9.17) is 0 Å². The Bertz CT molecular complexity index is 535. The van der Waals surface area contributed by atoms with E-state index < -0.39 is 0 Å². The van der Waals surface area contributed by atoms with Gasteiger partial charge in [-0.2, -0.15) is 0 Å². The molecule has 0 unspecified atom stereocenters. The average Bonchev–Trinajstić information content (AvgIpc) is 2.87. The highest BCUT2D eigenvalue weighted by atomic mass is 32.1. The second-order valence-electron chi connectivity index (χ2n) is 4.56. The van der Waals surface area contributed by atoms with Gasteiger partial charge in [0.05, 0.1) is 10.6 Å². The minimum absolute atomic E-state index is 0.493. The van der Waals surface area contributed by atoms with Crippen LogP contribution in [0.25, 0.3) is 0 Å². The molecule has 2 heterocycles. The van der Waals surface area contributed by atoms with Crippen molar-refractivity contribution < 1.29 is 0 Å². The number of fused-ring (bicyclic) bond motifs is 1. The van der Waals surface area contributed by atoms with Crippen LogP contribution in [0.4, 0.5) is 0 Å². The van der Waals surface area contributed by atoms with Crippen LogP contribution in [0, 0.1) is 6.92 Å². The third-order valence-electron chi connectivity index (χ3n) is 3.52. The lowest BCUT2D eigenvalue weighted by atomic mass is 10.1. The van der Waals surface area contributed by atoms with Crippen molar-refractivity contribution in [3.63, 3.8) is 0 Å². The van der Waals surface area contributed by atoms with Crippen LogP contribution in [0.2, 0.25) is 0 Å². The molecular formula is C13H15N3S. The minimum atomic E-state index is 0.493. The van der Waals surface area contributed by atoms with Gasteiger partial charge in [0.1, 0.15) is 0 Å². The summed E-state index contributed by atoms with van der Waals surface area (Å²) in [7, 11) is 0. The monoisotopic (exact) mass is 245 g/mol. The number of benzene rings is 1. The summed E-state index contributed by atoms with van der Waals surface area (Å²) in [5.74, 6) is 0. The lowest BCUT2D eigenvalue weighted by Crippen LogP contribution is -2.19. The van der Waals surface area contributed by atoms with Crippen LogP contribution < -0.4 is 0 Å². The number of nitrogens with zero attached hydrogens (tertiary/aromatic N) is 3. The predicted molar refractivity (Wildman–Crippen MR) is 68.8 cm³/mol. The standard InChI is InChI=1S/C13H15N3S/c1-9-13(17-15-14-9)8-16-7-11-5-3-4-6-12(11)10(16)2/h3-6,10H,7-8H2,1-2H3/t10-/m0/s1. The number of aryl methyl sites for hydroxylation is 1. The molecule has 0 spiro atoms. The minimum Gasteiger partial charge on any atom is -0.287 e. The Morgan fingerprint density at radius 3 is 2.94 bits per heavy atom. The highest BCUT2D eigenvalue weighted by Gasteiger charge is 2.26. The number of aromatic nitrogens is 2. The smallest absolute Gasteiger partial charge is 0.0769 e. The largest absolute Gasteiger partial charge is 0.287 e. The van der Waals surface area contributed by atoms with Crippen molar-refractivity contribution in [1.82, 2.24) is 14.5 Å². The van der Waals surface area contributed by atoms with Gasteiger partial charge in [0.2, 0.25) is 0 Å². The summed E-state index contributed by atoms with van der Waals surface area (Å²) in [4.78, 5) is 3.76. The van der Waals surface area contributed by atoms with E-state index in [2.05, 4.69) is 45.7 Å². The Labute approximate surface area is 105 Å². The van der Waals surface area contributed by atoms with Crippen LogP contribution >= 0.6 is 11.5 Å². The van der Waals surface area contributed by atoms with Crippen LogP contribution in [-0.2, 0) is 13.1 Å². The van der Waals surface area contributed by atoms with E-state index in [0.29, 0.717) is 6.04 Å². The maximum absolute atomic E-state index is 4.07. The fraction of sp³-hybridized carbons (Fsp3) is 0.385. The summed E-state index contributed by atoms with van der Waals surface area (Å²) in [6.45, 7) is 6.30. The summed E-state index contributed by atoms with van der Waals surface area (Å²) in [6, 6.07) is 9.20. The molecule has 0 fully saturated rings. The Morgan fingerprint density at radius 2 is 2.24 bits per heavy atom. The topological polar surface area (TPSA) is 29.0 Å². The number of hydrogen-bond acceptors (Lipinski definition) is 4. The second-order valence-corrected chi connectivity index (χ2v) is 5.40. The molecule has 1 atom stereocenters. The first-order valence-corrected chi connectivity index (χ1v) is 6.62. The van der Waals surface area contributed by atoms with E-state index in [9.17, 15) is 0 Å². The number of rotatable bonds is 2. The molecule has 1 aromatic heterocycles. The SMILES string of the molecule is Cc1nnsc1CN1Cc2ccccc2[C@@H]1C. The fourth-order valence-corrected chi connectivity index (χ4v) is 3.07. The van der Waals surface area contributed by atoms with Gasteiger partial charge < -0.3 is 0 Å². The molecule has 0 N–H and O–H groups in total. The van der Waals surface area contributed by atoms with E-state index >= 15 is 0 Å². The summed E-state index contributed by atoms with van der Waals surface area (Å²) < 4.78 is 4.00. The molecule has 0 saturated heterocycles. The molecule has 1 aromatic carbocycles. The van der Waals surface area contributed by atoms with Gasteiger partial charge in [-0.3, -0.25) is 4.90 Å². The van der Waals surface area contributed by atoms with Gasteiger partial charge in [0.15, 0.2) is 0 Å². The summed E-state index contributed by atoms with van der Waals surface area (Å²) in [5, 5.41) is 4.07. The Balaban J connectivity index is 1.83. The van der Waals surface area contributed by atoms with Crippen molar-refractivity contribution >= 4 is 11.5 Å². The summed E-state index contributed by atoms with van der Waals surface area (Å²) >= 11 is 1.51. The average molecular weight is 245 g/mol. The molecule has 4 heteroatoms. The molecule has 3 nitrogen and oxygen atoms in total. The van der Waals surface area contributed by atoms with Crippen molar-refractivity contribution in [3.05, 3.63) is 46.0 Å². The van der Waals surface area contributed by atoms with Crippen LogP contribution in [0.15, 0.2) is 24.3 Å². The molecule has 17 heavy (non-hydrogen) atoms. The predicted octanol–water partition coefficient (Wildman–Crippen LogP) is 2.92. The van der Waals surface area contributed by atoms with E-state index in [1.165, 1.54) is 27.5 Å². The first-order valence-electron chi connectivity index (χ1n) is 5.85. The second kappa shape index (κ2) is 4.20. The molecule has 1 aliphatic heterocycles. The Hall–Kier alpha value is -1.26. The van der Waals surface area contributed by atoms with E-state index in [-0.39, 0.29) is 0 Å². The van der Waals surface area contributed by atoms with E-state index in [1.54, 1.807) is 0 Å². The first kappa shape index (κ1) is 10.9. The third kappa shape index (κ3) is 1.87. The van der Waals surface area contributed by atoms with Crippen LogP contribution in [0.3, 0.4) is 0 Å². The van der Waals surface area contributed by atoms with Crippen molar-refractivity contribution in [1.29, 1.82) is 0 Å². The summed E-state index contributed by atoms with van der Waals surface area (Å²) in [5.41, 5.74) is 3.98. The van der Waals surface area contributed by atoms with Gasteiger partial charge in [0, 0.05) is 19.1 Å². The lowest BCUT2D eigenvalue weighted by molar-refractivity contribution is 0.221. The first-order chi connectivity index (χ1) is 8.25. The molecule has 0 bridgehead atoms. The van der Waals surface area contributed by atoms with Crippen LogP contribution in [-0.4, -0.2) is 14.5 Å². The van der Waals surface area contributed by atoms with Crippen molar-refractivity contribution in [2.24, 2.45) is 0 Å². The van der Waals surface area contributed by atoms with Crippen molar-refractivity contribution in [3.8, 4) is 0 Å². The molecule has 0 amide bonds. The molecule has 0 aliphatic carbocycles. The molecule has 88 valence electrons. The highest BCUT2D eigenvalue weighted by Crippen LogP contribution is 2.34. The Kier molecular flexibility index (Phi) is 2.68. The zero-order valence-electron chi connectivity index (χ0n) is 10.1. The van der Waals surface area contributed by atoms with Gasteiger partial charge in [-0.25, -0.2) is 0 Å². The van der Waals surface area contributed by atoms with Crippen LogP contribution in [0.5, 0.6) is 0 Å². The van der Waals surface area contributed by atoms with Gasteiger partial charge in [-0.05, 0) is 36.5 Å². The van der Waals surface area contributed by atoms with Crippen molar-refractivity contribution in [2.75, 3.05) is 0 Å².